The summed E-state index contributed by atoms with van der Waals surface area (Å²) < 4.78 is 5.79. The first-order valence-electron chi connectivity index (χ1n) is 5.60. The van der Waals surface area contributed by atoms with Gasteiger partial charge in [-0.15, -0.1) is 0 Å². The van der Waals surface area contributed by atoms with Gasteiger partial charge in [-0.1, -0.05) is 12.7 Å². The lowest BCUT2D eigenvalue weighted by molar-refractivity contribution is -0.0565. The number of nitrogens with zero attached hydrogens (tertiary/aromatic N) is 1. The highest BCUT2D eigenvalue weighted by Gasteiger charge is 2.44. The Bertz CT molecular complexity index is 592. The largest absolute Gasteiger partial charge is 0.394 e. The van der Waals surface area contributed by atoms with Gasteiger partial charge >= 0.3 is 5.69 Å². The Morgan fingerprint density at radius 2 is 2.11 bits per heavy atom. The number of aromatic nitrogens is 2. The van der Waals surface area contributed by atoms with Crippen molar-refractivity contribution in [2.24, 2.45) is 0 Å². The molecule has 1 saturated heterocycles. The second-order valence-electron chi connectivity index (χ2n) is 4.16. The topological polar surface area (TPSA) is 125 Å². The van der Waals surface area contributed by atoms with Crippen LogP contribution in [-0.2, 0) is 4.74 Å². The predicted octanol–water partition coefficient (Wildman–Crippen LogP) is -2.21. The van der Waals surface area contributed by atoms with Gasteiger partial charge in [-0.2, -0.15) is 0 Å². The molecule has 0 aliphatic carbocycles. The van der Waals surface area contributed by atoms with E-state index in [0.29, 0.717) is 4.57 Å². The summed E-state index contributed by atoms with van der Waals surface area (Å²) in [5, 5.41) is 28.4. The highest BCUT2D eigenvalue weighted by Crippen LogP contribution is 2.27. The molecule has 1 aliphatic rings. The predicted molar refractivity (Wildman–Crippen MR) is 64.4 cm³/mol. The molecule has 1 aromatic rings. The number of ether oxygens (including phenoxy) is 1. The van der Waals surface area contributed by atoms with E-state index >= 15 is 0 Å². The fourth-order valence-electron chi connectivity index (χ4n) is 1.97. The molecule has 0 bridgehead atoms. The van der Waals surface area contributed by atoms with Crippen LogP contribution in [-0.4, -0.2) is 49.8 Å². The lowest BCUT2D eigenvalue weighted by Gasteiger charge is -2.16. The summed E-state index contributed by atoms with van der Waals surface area (Å²) in [5.41, 5.74) is -1.36. The van der Waals surface area contributed by atoms with E-state index in [-0.39, 0.29) is 5.56 Å². The van der Waals surface area contributed by atoms with Crippen LogP contribution in [0.3, 0.4) is 0 Å². The molecule has 1 unspecified atom stereocenters. The smallest absolute Gasteiger partial charge is 0.330 e. The lowest BCUT2D eigenvalue weighted by Crippen LogP contribution is -2.43. The molecule has 104 valence electrons. The van der Waals surface area contributed by atoms with Crippen molar-refractivity contribution < 1.29 is 20.1 Å². The van der Waals surface area contributed by atoms with E-state index in [4.69, 9.17) is 9.84 Å². The SMILES string of the molecule is C=Cc1c[nH]c(=O)n(C2O[C@H](CO)[C@@H](O)[C@@H]2O)c1=O. The zero-order valence-electron chi connectivity index (χ0n) is 9.89. The molecule has 1 aromatic heterocycles. The quantitative estimate of drug-likeness (QED) is 0.493. The maximum atomic E-state index is 12.0. The van der Waals surface area contributed by atoms with Crippen LogP contribution >= 0.6 is 0 Å². The molecule has 2 rings (SSSR count). The maximum Gasteiger partial charge on any atom is 0.330 e. The minimum absolute atomic E-state index is 0.123. The van der Waals surface area contributed by atoms with Crippen molar-refractivity contribution in [3.05, 3.63) is 39.2 Å². The third-order valence-electron chi connectivity index (χ3n) is 3.03. The first-order chi connectivity index (χ1) is 9.01. The van der Waals surface area contributed by atoms with Gasteiger partial charge in [0.05, 0.1) is 12.2 Å². The Kier molecular flexibility index (Phi) is 3.67. The number of aliphatic hydroxyl groups excluding tert-OH is 3. The van der Waals surface area contributed by atoms with E-state index in [1.807, 2.05) is 0 Å². The summed E-state index contributed by atoms with van der Waals surface area (Å²) >= 11 is 0. The normalized spacial score (nSPS) is 30.5. The zero-order chi connectivity index (χ0) is 14.2. The van der Waals surface area contributed by atoms with E-state index in [9.17, 15) is 19.8 Å². The fraction of sp³-hybridized carbons (Fsp3) is 0.455. The van der Waals surface area contributed by atoms with Crippen molar-refractivity contribution in [3.8, 4) is 0 Å². The first-order valence-corrected chi connectivity index (χ1v) is 5.60. The van der Waals surface area contributed by atoms with Gasteiger partial charge in [-0.25, -0.2) is 9.36 Å². The van der Waals surface area contributed by atoms with Crippen molar-refractivity contribution in [1.29, 1.82) is 0 Å². The van der Waals surface area contributed by atoms with Crippen LogP contribution in [0.4, 0.5) is 0 Å². The third kappa shape index (κ3) is 2.15. The second-order valence-corrected chi connectivity index (χ2v) is 4.16. The molecule has 4 atom stereocenters. The van der Waals surface area contributed by atoms with Crippen LogP contribution < -0.4 is 11.2 Å². The Hall–Kier alpha value is -1.74. The molecule has 0 aromatic carbocycles. The van der Waals surface area contributed by atoms with Gasteiger partial charge in [-0.3, -0.25) is 4.79 Å². The highest BCUT2D eigenvalue weighted by molar-refractivity contribution is 5.43. The fourth-order valence-corrected chi connectivity index (χ4v) is 1.97. The summed E-state index contributed by atoms with van der Waals surface area (Å²) in [6, 6.07) is 0. The van der Waals surface area contributed by atoms with Crippen molar-refractivity contribution in [1.82, 2.24) is 9.55 Å². The molecule has 1 aliphatic heterocycles. The molecule has 8 nitrogen and oxygen atoms in total. The third-order valence-corrected chi connectivity index (χ3v) is 3.03. The lowest BCUT2D eigenvalue weighted by atomic mass is 10.1. The Morgan fingerprint density at radius 1 is 1.42 bits per heavy atom. The number of rotatable bonds is 3. The minimum Gasteiger partial charge on any atom is -0.394 e. The number of aliphatic hydroxyl groups is 3. The summed E-state index contributed by atoms with van der Waals surface area (Å²) in [4.78, 5) is 26.0. The molecule has 4 N–H and O–H groups in total. The monoisotopic (exact) mass is 270 g/mol. The minimum atomic E-state index is -1.49. The second kappa shape index (κ2) is 5.10. The zero-order valence-corrected chi connectivity index (χ0v) is 9.89. The summed E-state index contributed by atoms with van der Waals surface area (Å²) in [6.45, 7) is 2.89. The van der Waals surface area contributed by atoms with Crippen molar-refractivity contribution in [3.63, 3.8) is 0 Å². The molecule has 8 heteroatoms. The number of aromatic amines is 1. The average molecular weight is 270 g/mol. The van der Waals surface area contributed by atoms with Crippen LogP contribution in [0.5, 0.6) is 0 Å². The summed E-state index contributed by atoms with van der Waals surface area (Å²) in [6.07, 6.45) is -2.85. The van der Waals surface area contributed by atoms with E-state index in [1.54, 1.807) is 0 Å². The van der Waals surface area contributed by atoms with Crippen molar-refractivity contribution in [2.45, 2.75) is 24.5 Å². The summed E-state index contributed by atoms with van der Waals surface area (Å²) in [7, 11) is 0. The van der Waals surface area contributed by atoms with Gasteiger partial charge in [0.15, 0.2) is 6.23 Å². The molecule has 0 saturated carbocycles. The maximum absolute atomic E-state index is 12.0. The molecule has 0 amide bonds. The van der Waals surface area contributed by atoms with Gasteiger partial charge < -0.3 is 25.0 Å². The number of H-pyrrole nitrogens is 1. The van der Waals surface area contributed by atoms with Crippen LogP contribution in [0.2, 0.25) is 0 Å². The van der Waals surface area contributed by atoms with Crippen LogP contribution in [0.25, 0.3) is 6.08 Å². The molecule has 0 radical (unpaired) electrons. The van der Waals surface area contributed by atoms with Crippen LogP contribution in [0.1, 0.15) is 11.8 Å². The number of nitrogens with one attached hydrogen (secondary N) is 1. The Morgan fingerprint density at radius 3 is 2.63 bits per heavy atom. The van der Waals surface area contributed by atoms with E-state index in [1.165, 1.54) is 12.3 Å². The Labute approximate surface area is 107 Å². The molecular formula is C11H14N2O6. The number of hydrogen-bond donors (Lipinski definition) is 4. The molecule has 2 heterocycles. The molecule has 19 heavy (non-hydrogen) atoms. The van der Waals surface area contributed by atoms with Crippen LogP contribution in [0, 0.1) is 0 Å². The summed E-state index contributed by atoms with van der Waals surface area (Å²) in [5.74, 6) is 0. The molecule has 1 fully saturated rings. The van der Waals surface area contributed by atoms with Crippen molar-refractivity contribution in [2.75, 3.05) is 6.61 Å². The van der Waals surface area contributed by atoms with Gasteiger partial charge in [0.1, 0.15) is 18.3 Å². The van der Waals surface area contributed by atoms with Gasteiger partial charge in [0.2, 0.25) is 0 Å². The van der Waals surface area contributed by atoms with Crippen molar-refractivity contribution >= 4 is 6.08 Å². The van der Waals surface area contributed by atoms with E-state index in [0.717, 1.165) is 0 Å². The van der Waals surface area contributed by atoms with Gasteiger partial charge in [0.25, 0.3) is 5.56 Å². The Balaban J connectivity index is 2.52. The van der Waals surface area contributed by atoms with Gasteiger partial charge in [-0.05, 0) is 0 Å². The van der Waals surface area contributed by atoms with Crippen LogP contribution in [0.15, 0.2) is 22.4 Å². The highest BCUT2D eigenvalue weighted by atomic mass is 16.6. The van der Waals surface area contributed by atoms with Gasteiger partial charge in [0, 0.05) is 6.20 Å². The first kappa shape index (κ1) is 13.7. The number of hydrogen-bond acceptors (Lipinski definition) is 6. The average Bonchev–Trinajstić information content (AvgIpc) is 2.67. The van der Waals surface area contributed by atoms with E-state index < -0.39 is 42.4 Å². The van der Waals surface area contributed by atoms with E-state index in [2.05, 4.69) is 11.6 Å². The standard InChI is InChI=1S/C11H14N2O6/c1-2-5-3-12-11(18)13(9(5)17)10-8(16)7(15)6(4-14)19-10/h2-3,6-8,10,14-16H,1,4H2,(H,12,18)/t6-,7-,8+,10?/m1/s1. The molecule has 0 spiro atoms. The molecular weight excluding hydrogens is 256 g/mol.